The lowest BCUT2D eigenvalue weighted by Gasteiger charge is -2.03. The van der Waals surface area contributed by atoms with Gasteiger partial charge in [0.15, 0.2) is 6.19 Å². The minimum Gasteiger partial charge on any atom is -0.326 e. The van der Waals surface area contributed by atoms with Gasteiger partial charge in [0, 0.05) is 16.7 Å². The van der Waals surface area contributed by atoms with E-state index in [4.69, 9.17) is 11.0 Å². The average Bonchev–Trinajstić information content (AvgIpc) is 2.09. The van der Waals surface area contributed by atoms with Gasteiger partial charge in [0.2, 0.25) is 0 Å². The van der Waals surface area contributed by atoms with Crippen molar-refractivity contribution in [2.75, 3.05) is 5.32 Å². The highest BCUT2D eigenvalue weighted by Crippen LogP contribution is 2.20. The molecule has 12 heavy (non-hydrogen) atoms. The zero-order chi connectivity index (χ0) is 8.97. The molecule has 0 aliphatic rings. The van der Waals surface area contributed by atoms with Crippen LogP contribution in [-0.2, 0) is 6.54 Å². The van der Waals surface area contributed by atoms with E-state index in [-0.39, 0.29) is 0 Å². The molecule has 1 rings (SSSR count). The number of nitrogens with one attached hydrogen (secondary N) is 1. The van der Waals surface area contributed by atoms with Crippen molar-refractivity contribution < 1.29 is 0 Å². The van der Waals surface area contributed by atoms with Gasteiger partial charge in [-0.25, -0.2) is 0 Å². The standard InChI is InChI=1S/C8H8BrN3/c9-8-2-1-7(12-5-11)3-6(8)4-10/h1-3,12H,4,10H2. The Kier molecular flexibility index (Phi) is 3.09. The Morgan fingerprint density at radius 2 is 2.33 bits per heavy atom. The Labute approximate surface area is 79.3 Å². The van der Waals surface area contributed by atoms with Crippen molar-refractivity contribution in [3.63, 3.8) is 0 Å². The van der Waals surface area contributed by atoms with Crippen LogP contribution in [0.4, 0.5) is 5.69 Å². The van der Waals surface area contributed by atoms with Crippen molar-refractivity contribution >= 4 is 21.6 Å². The fourth-order valence-electron chi connectivity index (χ4n) is 0.873. The summed E-state index contributed by atoms with van der Waals surface area (Å²) in [7, 11) is 0. The van der Waals surface area contributed by atoms with Gasteiger partial charge in [0.25, 0.3) is 0 Å². The van der Waals surface area contributed by atoms with Crippen molar-refractivity contribution in [2.24, 2.45) is 5.73 Å². The van der Waals surface area contributed by atoms with Crippen LogP contribution in [0.3, 0.4) is 0 Å². The third-order valence-electron chi connectivity index (χ3n) is 1.47. The summed E-state index contributed by atoms with van der Waals surface area (Å²) in [6.07, 6.45) is 1.85. The summed E-state index contributed by atoms with van der Waals surface area (Å²) in [4.78, 5) is 0. The number of halogens is 1. The Bertz CT molecular complexity index is 317. The number of nitriles is 1. The molecule has 0 fully saturated rings. The number of rotatable bonds is 2. The Morgan fingerprint density at radius 1 is 1.58 bits per heavy atom. The molecular weight excluding hydrogens is 218 g/mol. The van der Waals surface area contributed by atoms with Crippen LogP contribution in [0.15, 0.2) is 22.7 Å². The Balaban J connectivity index is 2.98. The van der Waals surface area contributed by atoms with Gasteiger partial charge >= 0.3 is 0 Å². The number of nitrogens with two attached hydrogens (primary N) is 1. The maximum Gasteiger partial charge on any atom is 0.181 e. The van der Waals surface area contributed by atoms with Gasteiger partial charge in [0.05, 0.1) is 0 Å². The fraction of sp³-hybridized carbons (Fsp3) is 0.125. The summed E-state index contributed by atoms with van der Waals surface area (Å²) in [5, 5.41) is 10.9. The topological polar surface area (TPSA) is 61.8 Å². The molecule has 0 amide bonds. The van der Waals surface area contributed by atoms with E-state index in [2.05, 4.69) is 21.2 Å². The quantitative estimate of drug-likeness (QED) is 0.597. The van der Waals surface area contributed by atoms with E-state index in [9.17, 15) is 0 Å². The molecule has 0 aliphatic heterocycles. The first-order valence-electron chi connectivity index (χ1n) is 3.41. The summed E-state index contributed by atoms with van der Waals surface area (Å²) in [6.45, 7) is 0.460. The highest BCUT2D eigenvalue weighted by Gasteiger charge is 1.98. The van der Waals surface area contributed by atoms with Crippen LogP contribution < -0.4 is 11.1 Å². The minimum atomic E-state index is 0.460. The van der Waals surface area contributed by atoms with Crippen molar-refractivity contribution in [1.29, 1.82) is 5.26 Å². The molecule has 0 radical (unpaired) electrons. The fourth-order valence-corrected chi connectivity index (χ4v) is 1.28. The molecule has 4 heteroatoms. The third kappa shape index (κ3) is 1.97. The second-order valence-electron chi connectivity index (χ2n) is 2.25. The molecule has 0 bridgehead atoms. The van der Waals surface area contributed by atoms with E-state index in [0.717, 1.165) is 15.7 Å². The summed E-state index contributed by atoms with van der Waals surface area (Å²) in [5.41, 5.74) is 7.22. The first kappa shape index (κ1) is 9.04. The van der Waals surface area contributed by atoms with E-state index < -0.39 is 0 Å². The molecular formula is C8H8BrN3. The second kappa shape index (κ2) is 4.10. The lowest BCUT2D eigenvalue weighted by molar-refractivity contribution is 1.06. The zero-order valence-corrected chi connectivity index (χ0v) is 7.93. The van der Waals surface area contributed by atoms with Crippen LogP contribution in [0.2, 0.25) is 0 Å². The number of benzene rings is 1. The molecule has 0 saturated heterocycles. The normalized spacial score (nSPS) is 9.08. The van der Waals surface area contributed by atoms with Crippen LogP contribution in [0.25, 0.3) is 0 Å². The summed E-state index contributed by atoms with van der Waals surface area (Å²) in [5.74, 6) is 0. The van der Waals surface area contributed by atoms with Crippen LogP contribution in [0, 0.1) is 11.5 Å². The van der Waals surface area contributed by atoms with Crippen molar-refractivity contribution in [3.05, 3.63) is 28.2 Å². The van der Waals surface area contributed by atoms with Gasteiger partial charge in [-0.15, -0.1) is 0 Å². The van der Waals surface area contributed by atoms with Gasteiger partial charge in [-0.3, -0.25) is 5.32 Å². The van der Waals surface area contributed by atoms with E-state index >= 15 is 0 Å². The van der Waals surface area contributed by atoms with Gasteiger partial charge < -0.3 is 5.73 Å². The van der Waals surface area contributed by atoms with Crippen LogP contribution in [0.1, 0.15) is 5.56 Å². The maximum atomic E-state index is 8.35. The first-order chi connectivity index (χ1) is 5.77. The van der Waals surface area contributed by atoms with E-state index in [1.807, 2.05) is 24.4 Å². The summed E-state index contributed by atoms with van der Waals surface area (Å²) >= 11 is 3.35. The maximum absolute atomic E-state index is 8.35. The van der Waals surface area contributed by atoms with E-state index in [1.165, 1.54) is 0 Å². The number of hydrogen-bond acceptors (Lipinski definition) is 3. The largest absolute Gasteiger partial charge is 0.326 e. The van der Waals surface area contributed by atoms with Gasteiger partial charge in [-0.05, 0) is 23.8 Å². The van der Waals surface area contributed by atoms with E-state index in [1.54, 1.807) is 0 Å². The number of anilines is 1. The molecule has 0 aliphatic carbocycles. The molecule has 62 valence electrons. The molecule has 0 heterocycles. The predicted molar refractivity (Wildman–Crippen MR) is 51.3 cm³/mol. The SMILES string of the molecule is N#CNc1ccc(Br)c(CN)c1. The summed E-state index contributed by atoms with van der Waals surface area (Å²) in [6, 6.07) is 5.52. The lowest BCUT2D eigenvalue weighted by Crippen LogP contribution is -1.98. The zero-order valence-electron chi connectivity index (χ0n) is 6.34. The Hall–Kier alpha value is -1.05. The molecule has 3 nitrogen and oxygen atoms in total. The van der Waals surface area contributed by atoms with Crippen molar-refractivity contribution in [2.45, 2.75) is 6.54 Å². The van der Waals surface area contributed by atoms with Gasteiger partial charge in [-0.1, -0.05) is 15.9 Å². The van der Waals surface area contributed by atoms with Gasteiger partial charge in [0.1, 0.15) is 0 Å². The van der Waals surface area contributed by atoms with Crippen molar-refractivity contribution in [1.82, 2.24) is 0 Å². The van der Waals surface area contributed by atoms with Crippen molar-refractivity contribution in [3.8, 4) is 6.19 Å². The molecule has 0 atom stereocenters. The predicted octanol–water partition coefficient (Wildman–Crippen LogP) is 1.80. The molecule has 0 saturated carbocycles. The third-order valence-corrected chi connectivity index (χ3v) is 2.24. The minimum absolute atomic E-state index is 0.460. The molecule has 0 aromatic heterocycles. The highest BCUT2D eigenvalue weighted by atomic mass is 79.9. The summed E-state index contributed by atoms with van der Waals surface area (Å²) < 4.78 is 0.966. The lowest BCUT2D eigenvalue weighted by atomic mass is 10.2. The van der Waals surface area contributed by atoms with Gasteiger partial charge in [-0.2, -0.15) is 5.26 Å². The molecule has 0 spiro atoms. The highest BCUT2D eigenvalue weighted by molar-refractivity contribution is 9.10. The molecule has 3 N–H and O–H groups in total. The number of hydrogen-bond donors (Lipinski definition) is 2. The first-order valence-corrected chi connectivity index (χ1v) is 4.21. The molecule has 1 aromatic carbocycles. The second-order valence-corrected chi connectivity index (χ2v) is 3.10. The monoisotopic (exact) mass is 225 g/mol. The Morgan fingerprint density at radius 3 is 2.92 bits per heavy atom. The van der Waals surface area contributed by atoms with Crippen LogP contribution >= 0.6 is 15.9 Å². The van der Waals surface area contributed by atoms with Crippen LogP contribution in [0.5, 0.6) is 0 Å². The average molecular weight is 226 g/mol. The van der Waals surface area contributed by atoms with Crippen LogP contribution in [-0.4, -0.2) is 0 Å². The molecule has 0 unspecified atom stereocenters. The number of nitrogens with zero attached hydrogens (tertiary/aromatic N) is 1. The van der Waals surface area contributed by atoms with E-state index in [0.29, 0.717) is 6.54 Å². The molecule has 1 aromatic rings. The smallest absolute Gasteiger partial charge is 0.181 e.